The smallest absolute Gasteiger partial charge is 0.258 e. The average Bonchev–Trinajstić information content (AvgIpc) is 3.24. The third kappa shape index (κ3) is 4.38. The van der Waals surface area contributed by atoms with E-state index in [1.54, 1.807) is 18.3 Å². The second kappa shape index (κ2) is 8.99. The van der Waals surface area contributed by atoms with Gasteiger partial charge < -0.3 is 11.1 Å². The Morgan fingerprint density at radius 2 is 1.94 bits per heavy atom. The number of nitrogens with zero attached hydrogens (tertiary/aromatic N) is 3. The van der Waals surface area contributed by atoms with Crippen LogP contribution in [-0.2, 0) is 9.59 Å². The number of carbonyl (C=O) groups is 2. The minimum Gasteiger partial charge on any atom is -0.368 e. The lowest BCUT2D eigenvalue weighted by Gasteiger charge is -2.36. The maximum Gasteiger partial charge on any atom is 0.258 e. The molecule has 1 unspecified atom stereocenters. The first-order valence-electron chi connectivity index (χ1n) is 10.9. The number of aromatic nitrogens is 2. The summed E-state index contributed by atoms with van der Waals surface area (Å²) in [7, 11) is 0. The second-order valence-corrected chi connectivity index (χ2v) is 9.46. The van der Waals surface area contributed by atoms with Crippen molar-refractivity contribution in [2.45, 2.75) is 23.9 Å². The average molecular weight is 466 g/mol. The topological polar surface area (TPSA) is 92.7 Å². The molecule has 0 spiro atoms. The molecule has 2 aliphatic heterocycles. The zero-order chi connectivity index (χ0) is 22.9. The van der Waals surface area contributed by atoms with E-state index < -0.39 is 11.9 Å². The van der Waals surface area contributed by atoms with E-state index in [1.807, 2.05) is 33.6 Å². The van der Waals surface area contributed by atoms with E-state index in [-0.39, 0.29) is 11.7 Å². The number of imidazole rings is 1. The summed E-state index contributed by atoms with van der Waals surface area (Å²) in [5.41, 5.74) is 8.13. The second-order valence-electron chi connectivity index (χ2n) is 8.40. The Kier molecular flexibility index (Phi) is 5.90. The summed E-state index contributed by atoms with van der Waals surface area (Å²) in [6, 6.07) is 11.2. The van der Waals surface area contributed by atoms with Crippen molar-refractivity contribution in [3.05, 3.63) is 70.6 Å². The first-order valence-corrected chi connectivity index (χ1v) is 11.7. The molecule has 0 saturated carbocycles. The summed E-state index contributed by atoms with van der Waals surface area (Å²) in [6.07, 6.45) is 5.32. The molecule has 4 heterocycles. The summed E-state index contributed by atoms with van der Waals surface area (Å²) in [4.78, 5) is 32.0. The van der Waals surface area contributed by atoms with Gasteiger partial charge in [-0.15, -0.1) is 0 Å². The molecule has 1 fully saturated rings. The SMILES string of the molecule is NC(=O)C(c1ccc(F)cc1)N1CCC(CNC(=O)C2=Cc3cnc4cccc(n34)S2)CC1. The van der Waals surface area contributed by atoms with Crippen LogP contribution in [0.2, 0.25) is 0 Å². The molecule has 7 nitrogen and oxygen atoms in total. The predicted molar refractivity (Wildman–Crippen MR) is 125 cm³/mol. The van der Waals surface area contributed by atoms with Crippen molar-refractivity contribution < 1.29 is 14.0 Å². The summed E-state index contributed by atoms with van der Waals surface area (Å²) in [5.74, 6) is -0.559. The molecule has 1 atom stereocenters. The highest BCUT2D eigenvalue weighted by molar-refractivity contribution is 8.04. The molecule has 5 rings (SSSR count). The van der Waals surface area contributed by atoms with Crippen molar-refractivity contribution in [3.63, 3.8) is 0 Å². The van der Waals surface area contributed by atoms with Gasteiger partial charge in [-0.05, 0) is 67.8 Å². The van der Waals surface area contributed by atoms with Crippen LogP contribution >= 0.6 is 11.8 Å². The standard InChI is InChI=1S/C24H24FN5O2S/c25-17-6-4-16(5-7-17)22(23(26)31)29-10-8-15(9-11-29)13-28-24(32)19-12-18-14-27-20-2-1-3-21(33-19)30(18)20/h1-7,12,14-15,22H,8-11,13H2,(H2,26,31)(H,28,32). The highest BCUT2D eigenvalue weighted by Crippen LogP contribution is 2.34. The van der Waals surface area contributed by atoms with Gasteiger partial charge in [0.05, 0.1) is 21.8 Å². The van der Waals surface area contributed by atoms with Crippen LogP contribution in [0.4, 0.5) is 4.39 Å². The molecule has 33 heavy (non-hydrogen) atoms. The number of pyridine rings is 1. The van der Waals surface area contributed by atoms with Crippen molar-refractivity contribution in [1.82, 2.24) is 19.6 Å². The molecular formula is C24H24FN5O2S. The largest absolute Gasteiger partial charge is 0.368 e. The van der Waals surface area contributed by atoms with Crippen molar-refractivity contribution in [1.29, 1.82) is 0 Å². The van der Waals surface area contributed by atoms with Crippen molar-refractivity contribution in [3.8, 4) is 0 Å². The summed E-state index contributed by atoms with van der Waals surface area (Å²) >= 11 is 1.44. The van der Waals surface area contributed by atoms with Crippen LogP contribution in [0.15, 0.2) is 58.6 Å². The molecule has 2 amide bonds. The van der Waals surface area contributed by atoms with Crippen molar-refractivity contribution in [2.75, 3.05) is 19.6 Å². The number of carbonyl (C=O) groups excluding carboxylic acids is 2. The Hall–Kier alpha value is -3.17. The Balaban J connectivity index is 1.17. The van der Waals surface area contributed by atoms with Gasteiger partial charge in [-0.1, -0.05) is 30.0 Å². The third-order valence-corrected chi connectivity index (χ3v) is 7.31. The van der Waals surface area contributed by atoms with Crippen LogP contribution in [0.5, 0.6) is 0 Å². The molecule has 0 aliphatic carbocycles. The first kappa shape index (κ1) is 21.7. The minimum absolute atomic E-state index is 0.0896. The van der Waals surface area contributed by atoms with E-state index in [4.69, 9.17) is 5.73 Å². The molecule has 0 radical (unpaired) electrons. The Morgan fingerprint density at radius 3 is 2.67 bits per heavy atom. The van der Waals surface area contributed by atoms with E-state index >= 15 is 0 Å². The number of nitrogens with one attached hydrogen (secondary N) is 1. The van der Waals surface area contributed by atoms with E-state index in [9.17, 15) is 14.0 Å². The van der Waals surface area contributed by atoms with E-state index in [2.05, 4.69) is 10.3 Å². The molecule has 0 bridgehead atoms. The van der Waals surface area contributed by atoms with Gasteiger partial charge in [0.2, 0.25) is 5.91 Å². The van der Waals surface area contributed by atoms with Crippen molar-refractivity contribution in [2.24, 2.45) is 11.7 Å². The number of likely N-dealkylation sites (tertiary alicyclic amines) is 1. The van der Waals surface area contributed by atoms with Gasteiger partial charge in [0.15, 0.2) is 0 Å². The van der Waals surface area contributed by atoms with E-state index in [0.717, 1.165) is 29.2 Å². The number of hydrogen-bond acceptors (Lipinski definition) is 5. The fraction of sp³-hybridized carbons (Fsp3) is 0.292. The number of halogens is 1. The van der Waals surface area contributed by atoms with Gasteiger partial charge in [0.25, 0.3) is 5.91 Å². The number of amides is 2. The number of nitrogens with two attached hydrogens (primary N) is 1. The number of piperidine rings is 1. The fourth-order valence-electron chi connectivity index (χ4n) is 4.54. The molecule has 3 N–H and O–H groups in total. The summed E-state index contributed by atoms with van der Waals surface area (Å²) < 4.78 is 15.3. The maximum atomic E-state index is 13.3. The lowest BCUT2D eigenvalue weighted by molar-refractivity contribution is -0.124. The van der Waals surface area contributed by atoms with Gasteiger partial charge >= 0.3 is 0 Å². The Labute approximate surface area is 194 Å². The number of hydrogen-bond donors (Lipinski definition) is 2. The molecular weight excluding hydrogens is 441 g/mol. The van der Waals surface area contributed by atoms with Crippen LogP contribution in [0, 0.1) is 11.7 Å². The molecule has 9 heteroatoms. The third-order valence-electron chi connectivity index (χ3n) is 6.26. The van der Waals surface area contributed by atoms with Crippen LogP contribution in [0.3, 0.4) is 0 Å². The van der Waals surface area contributed by atoms with Crippen molar-refractivity contribution >= 4 is 35.3 Å². The fourth-order valence-corrected chi connectivity index (χ4v) is 5.54. The van der Waals surface area contributed by atoms with Gasteiger partial charge in [0.1, 0.15) is 17.5 Å². The van der Waals surface area contributed by atoms with Gasteiger partial charge in [-0.3, -0.25) is 18.9 Å². The molecule has 3 aromatic rings. The molecule has 170 valence electrons. The van der Waals surface area contributed by atoms with Crippen LogP contribution in [0.25, 0.3) is 11.7 Å². The minimum atomic E-state index is -0.572. The molecule has 2 aliphatic rings. The van der Waals surface area contributed by atoms with Gasteiger partial charge in [-0.25, -0.2) is 9.37 Å². The van der Waals surface area contributed by atoms with E-state index in [0.29, 0.717) is 36.0 Å². The predicted octanol–water partition coefficient (Wildman–Crippen LogP) is 2.97. The Morgan fingerprint density at radius 1 is 1.18 bits per heavy atom. The van der Waals surface area contributed by atoms with Crippen LogP contribution < -0.4 is 11.1 Å². The number of thioether (sulfide) groups is 1. The molecule has 2 aromatic heterocycles. The normalized spacial score (nSPS) is 17.5. The first-order chi connectivity index (χ1) is 16.0. The van der Waals surface area contributed by atoms with Gasteiger partial charge in [-0.2, -0.15) is 0 Å². The quantitative estimate of drug-likeness (QED) is 0.584. The zero-order valence-electron chi connectivity index (χ0n) is 17.9. The monoisotopic (exact) mass is 465 g/mol. The lowest BCUT2D eigenvalue weighted by Crippen LogP contribution is -2.44. The summed E-state index contributed by atoms with van der Waals surface area (Å²) in [5, 5.41) is 4.04. The van der Waals surface area contributed by atoms with Gasteiger partial charge in [0, 0.05) is 6.54 Å². The number of rotatable bonds is 6. The highest BCUT2D eigenvalue weighted by Gasteiger charge is 2.30. The lowest BCUT2D eigenvalue weighted by atomic mass is 9.94. The maximum absolute atomic E-state index is 13.3. The Bertz CT molecular complexity index is 1230. The van der Waals surface area contributed by atoms with E-state index in [1.165, 1.54) is 23.9 Å². The number of benzene rings is 1. The van der Waals surface area contributed by atoms with Crippen LogP contribution in [-0.4, -0.2) is 45.7 Å². The molecule has 1 aromatic carbocycles. The zero-order valence-corrected chi connectivity index (χ0v) is 18.7. The molecule has 1 saturated heterocycles. The summed E-state index contributed by atoms with van der Waals surface area (Å²) in [6.45, 7) is 1.94. The highest BCUT2D eigenvalue weighted by atomic mass is 32.2. The van der Waals surface area contributed by atoms with Crippen LogP contribution in [0.1, 0.15) is 30.1 Å². The number of primary amides is 1.